The highest BCUT2D eigenvalue weighted by molar-refractivity contribution is 7.11. The number of carboxylic acid groups (broad SMARTS) is 1. The highest BCUT2D eigenvalue weighted by Gasteiger charge is 2.54. The monoisotopic (exact) mass is 506 g/mol. The van der Waals surface area contributed by atoms with Crippen molar-refractivity contribution in [1.29, 1.82) is 0 Å². The van der Waals surface area contributed by atoms with E-state index in [1.165, 1.54) is 30.6 Å². The minimum atomic E-state index is -0.807. The van der Waals surface area contributed by atoms with Gasteiger partial charge in [0.1, 0.15) is 11.9 Å². The van der Waals surface area contributed by atoms with Gasteiger partial charge in [-0.2, -0.15) is 0 Å². The normalized spacial score (nSPS) is 20.8. The summed E-state index contributed by atoms with van der Waals surface area (Å²) in [5, 5.41) is 15.8. The summed E-state index contributed by atoms with van der Waals surface area (Å²) in [4.78, 5) is 34.5. The molecule has 1 spiro atoms. The molecule has 1 unspecified atom stereocenters. The number of aromatic nitrogens is 1. The van der Waals surface area contributed by atoms with E-state index in [9.17, 15) is 19.1 Å². The second kappa shape index (κ2) is 10.2. The molecule has 1 aliphatic carbocycles. The topological polar surface area (TPSA) is 104 Å². The lowest BCUT2D eigenvalue weighted by Crippen LogP contribution is -2.42. The summed E-state index contributed by atoms with van der Waals surface area (Å²) < 4.78 is 17.0. The number of aliphatic carboxylic acids is 1. The van der Waals surface area contributed by atoms with Gasteiger partial charge in [0.25, 0.3) is 0 Å². The molecule has 1 aromatic heterocycles. The van der Waals surface area contributed by atoms with Crippen LogP contribution in [0.3, 0.4) is 0 Å². The van der Waals surface area contributed by atoms with E-state index < -0.39 is 18.0 Å². The number of ether oxygens (including phenoxy) is 1. The molecule has 11 heteroatoms. The van der Waals surface area contributed by atoms with Crippen molar-refractivity contribution >= 4 is 40.7 Å². The van der Waals surface area contributed by atoms with E-state index in [1.54, 1.807) is 18.3 Å². The summed E-state index contributed by atoms with van der Waals surface area (Å²) >= 11 is 6.86. The molecule has 1 saturated carbocycles. The first-order chi connectivity index (χ1) is 16.3. The average molecular weight is 507 g/mol. The van der Waals surface area contributed by atoms with Crippen molar-refractivity contribution in [1.82, 2.24) is 15.2 Å². The summed E-state index contributed by atoms with van der Waals surface area (Å²) in [7, 11) is 1.34. The molecule has 1 aromatic carbocycles. The van der Waals surface area contributed by atoms with Gasteiger partial charge in [0.15, 0.2) is 10.8 Å². The van der Waals surface area contributed by atoms with Gasteiger partial charge in [-0.25, -0.2) is 14.2 Å². The van der Waals surface area contributed by atoms with Crippen LogP contribution in [0.5, 0.6) is 0 Å². The van der Waals surface area contributed by atoms with Gasteiger partial charge in [-0.3, -0.25) is 14.7 Å². The fourth-order valence-corrected chi connectivity index (χ4v) is 4.95. The molecular weight excluding hydrogens is 483 g/mol. The number of likely N-dealkylation sites (tertiary alicyclic amines) is 1. The third kappa shape index (κ3) is 5.63. The highest BCUT2D eigenvalue weighted by atomic mass is 35.5. The molecule has 2 fully saturated rings. The number of carboxylic acids is 1. The molecular formula is C23H24ClFN4O4S. The van der Waals surface area contributed by atoms with Crippen LogP contribution in [0.15, 0.2) is 52.1 Å². The molecule has 3 heterocycles. The maximum Gasteiger partial charge on any atom is 0.337 e. The summed E-state index contributed by atoms with van der Waals surface area (Å²) in [5.74, 6) is -0.937. The van der Waals surface area contributed by atoms with Crippen molar-refractivity contribution in [3.8, 4) is 0 Å². The molecule has 1 atom stereocenters. The molecule has 0 amide bonds. The Hall–Kier alpha value is -2.82. The van der Waals surface area contributed by atoms with Gasteiger partial charge in [-0.15, -0.1) is 11.3 Å². The van der Waals surface area contributed by atoms with E-state index in [4.69, 9.17) is 16.3 Å². The summed E-state index contributed by atoms with van der Waals surface area (Å²) in [6.45, 7) is 1.29. The number of thiazole rings is 1. The number of halogens is 2. The first-order valence-corrected chi connectivity index (χ1v) is 12.0. The van der Waals surface area contributed by atoms with Crippen molar-refractivity contribution in [2.24, 2.45) is 10.4 Å². The van der Waals surface area contributed by atoms with Crippen LogP contribution >= 0.6 is 22.9 Å². The van der Waals surface area contributed by atoms with Gasteiger partial charge < -0.3 is 15.2 Å². The molecule has 1 saturated heterocycles. The van der Waals surface area contributed by atoms with Gasteiger partial charge in [-0.1, -0.05) is 17.7 Å². The molecule has 0 bridgehead atoms. The highest BCUT2D eigenvalue weighted by Crippen LogP contribution is 2.54. The zero-order valence-corrected chi connectivity index (χ0v) is 20.0. The van der Waals surface area contributed by atoms with E-state index in [0.717, 1.165) is 24.4 Å². The zero-order valence-electron chi connectivity index (χ0n) is 18.5. The lowest BCUT2D eigenvalue weighted by Gasteiger charge is -2.27. The largest absolute Gasteiger partial charge is 0.480 e. The van der Waals surface area contributed by atoms with E-state index in [1.807, 2.05) is 10.3 Å². The Bertz CT molecular complexity index is 1120. The summed E-state index contributed by atoms with van der Waals surface area (Å²) in [6, 6.07) is 5.29. The fourth-order valence-electron chi connectivity index (χ4n) is 4.18. The SMILES string of the molecule is COC(=O)C1=C(CN2CC3(CC3)CC2C(=O)O)NC(c2nccs2)=NC1.Fc1cccc(Cl)c1. The van der Waals surface area contributed by atoms with Crippen LogP contribution in [-0.4, -0.2) is 65.6 Å². The lowest BCUT2D eigenvalue weighted by molar-refractivity contribution is -0.142. The van der Waals surface area contributed by atoms with Crippen LogP contribution in [0.25, 0.3) is 0 Å². The van der Waals surface area contributed by atoms with Crippen molar-refractivity contribution in [3.63, 3.8) is 0 Å². The average Bonchev–Trinajstić information content (AvgIpc) is 3.20. The molecule has 180 valence electrons. The first-order valence-electron chi connectivity index (χ1n) is 10.7. The minimum absolute atomic E-state index is 0.149. The number of amidine groups is 1. The fraction of sp³-hybridized carbons (Fsp3) is 0.391. The van der Waals surface area contributed by atoms with E-state index >= 15 is 0 Å². The molecule has 2 aromatic rings. The van der Waals surface area contributed by atoms with Crippen LogP contribution < -0.4 is 5.32 Å². The van der Waals surface area contributed by atoms with E-state index in [0.29, 0.717) is 35.1 Å². The number of nitrogens with zero attached hydrogens (tertiary/aromatic N) is 3. The van der Waals surface area contributed by atoms with Gasteiger partial charge in [0.2, 0.25) is 0 Å². The molecule has 34 heavy (non-hydrogen) atoms. The van der Waals surface area contributed by atoms with Crippen LogP contribution in [0.4, 0.5) is 4.39 Å². The number of carbonyl (C=O) groups excluding carboxylic acids is 1. The predicted molar refractivity (Wildman–Crippen MR) is 126 cm³/mol. The molecule has 8 nitrogen and oxygen atoms in total. The summed E-state index contributed by atoms with van der Waals surface area (Å²) in [5.41, 5.74) is 1.24. The van der Waals surface area contributed by atoms with E-state index in [2.05, 4.69) is 15.3 Å². The maximum absolute atomic E-state index is 12.2. The van der Waals surface area contributed by atoms with Crippen molar-refractivity contribution in [3.05, 3.63) is 63.0 Å². The van der Waals surface area contributed by atoms with Gasteiger partial charge >= 0.3 is 11.9 Å². The predicted octanol–water partition coefficient (Wildman–Crippen LogP) is 3.34. The Morgan fingerprint density at radius 3 is 2.76 bits per heavy atom. The Kier molecular flexibility index (Phi) is 7.30. The molecule has 3 aliphatic rings. The standard InChI is InChI=1S/C17H20N4O4S.C6H4ClF/c1-25-16(24)10-7-19-13(14-18-4-5-26-14)20-11(10)8-21-9-17(2-3-17)6-12(21)15(22)23;7-5-2-1-3-6(8)4-5/h4-5,12H,2-3,6-9H2,1H3,(H,19,20)(H,22,23);1-4H. The Morgan fingerprint density at radius 1 is 1.41 bits per heavy atom. The number of hydrogen-bond donors (Lipinski definition) is 2. The van der Waals surface area contributed by atoms with Crippen LogP contribution in [0.1, 0.15) is 24.3 Å². The molecule has 5 rings (SSSR count). The van der Waals surface area contributed by atoms with Crippen LogP contribution in [0, 0.1) is 11.2 Å². The van der Waals surface area contributed by atoms with Crippen molar-refractivity contribution in [2.45, 2.75) is 25.3 Å². The number of esters is 1. The third-order valence-electron chi connectivity index (χ3n) is 6.09. The second-order valence-electron chi connectivity index (χ2n) is 8.48. The number of hydrogen-bond acceptors (Lipinski definition) is 8. The Morgan fingerprint density at radius 2 is 2.21 bits per heavy atom. The Balaban J connectivity index is 0.000000291. The summed E-state index contributed by atoms with van der Waals surface area (Å²) in [6.07, 6.45) is 4.53. The molecule has 2 aliphatic heterocycles. The van der Waals surface area contributed by atoms with Gasteiger partial charge in [0, 0.05) is 35.4 Å². The van der Waals surface area contributed by atoms with Crippen molar-refractivity contribution < 1.29 is 23.8 Å². The number of nitrogens with one attached hydrogen (secondary N) is 1. The van der Waals surface area contributed by atoms with Crippen molar-refractivity contribution in [2.75, 3.05) is 26.7 Å². The quantitative estimate of drug-likeness (QED) is 0.599. The van der Waals surface area contributed by atoms with E-state index in [-0.39, 0.29) is 17.8 Å². The zero-order chi connectivity index (χ0) is 24.3. The lowest BCUT2D eigenvalue weighted by atomic mass is 10.0. The molecule has 0 radical (unpaired) electrons. The number of benzene rings is 1. The number of rotatable bonds is 5. The van der Waals surface area contributed by atoms with Gasteiger partial charge in [-0.05, 0) is 42.9 Å². The van der Waals surface area contributed by atoms with Crippen LogP contribution in [0.2, 0.25) is 5.02 Å². The minimum Gasteiger partial charge on any atom is -0.480 e. The Labute approximate surface area is 205 Å². The number of carbonyl (C=O) groups is 2. The van der Waals surface area contributed by atoms with Gasteiger partial charge in [0.05, 0.1) is 19.2 Å². The smallest absolute Gasteiger partial charge is 0.337 e. The number of methoxy groups -OCH3 is 1. The van der Waals surface area contributed by atoms with Crippen LogP contribution in [-0.2, 0) is 14.3 Å². The maximum atomic E-state index is 12.2. The number of aliphatic imine (C=N–C) groups is 1. The first kappa shape index (κ1) is 24.3. The molecule has 2 N–H and O–H groups in total. The third-order valence-corrected chi connectivity index (χ3v) is 7.11. The second-order valence-corrected chi connectivity index (χ2v) is 9.81.